The fourth-order valence-electron chi connectivity index (χ4n) is 2.11. The molecule has 0 aliphatic rings. The van der Waals surface area contributed by atoms with Crippen LogP contribution in [-0.4, -0.2) is 9.78 Å². The van der Waals surface area contributed by atoms with Gasteiger partial charge >= 0.3 is 0 Å². The van der Waals surface area contributed by atoms with Crippen molar-refractivity contribution in [3.8, 4) is 5.75 Å². The van der Waals surface area contributed by atoms with E-state index in [4.69, 9.17) is 10.5 Å². The van der Waals surface area contributed by atoms with Gasteiger partial charge < -0.3 is 10.5 Å². The molecule has 0 bridgehead atoms. The van der Waals surface area contributed by atoms with E-state index in [1.54, 1.807) is 0 Å². The van der Waals surface area contributed by atoms with Crippen molar-refractivity contribution >= 4 is 5.69 Å². The monoisotopic (exact) mass is 259 g/mol. The summed E-state index contributed by atoms with van der Waals surface area (Å²) in [5.41, 5.74) is 10.9. The van der Waals surface area contributed by atoms with Gasteiger partial charge in [0.25, 0.3) is 0 Å². The Bertz CT molecular complexity index is 587. The molecule has 0 fully saturated rings. The van der Waals surface area contributed by atoms with Gasteiger partial charge in [-0.1, -0.05) is 0 Å². The molecule has 4 nitrogen and oxygen atoms in total. The first-order valence-electron chi connectivity index (χ1n) is 6.54. The second-order valence-corrected chi connectivity index (χ2v) is 4.86. The van der Waals surface area contributed by atoms with E-state index in [0.29, 0.717) is 6.61 Å². The summed E-state index contributed by atoms with van der Waals surface area (Å²) in [7, 11) is 0. The van der Waals surface area contributed by atoms with Crippen LogP contribution in [0.2, 0.25) is 0 Å². The molecular formula is C15H21N3O. The highest BCUT2D eigenvalue weighted by molar-refractivity contribution is 5.53. The second-order valence-electron chi connectivity index (χ2n) is 4.86. The van der Waals surface area contributed by atoms with Gasteiger partial charge in [-0.25, -0.2) is 0 Å². The normalized spacial score (nSPS) is 10.7. The Kier molecular flexibility index (Phi) is 3.79. The number of ether oxygens (including phenoxy) is 1. The van der Waals surface area contributed by atoms with Gasteiger partial charge in [0.2, 0.25) is 0 Å². The fourth-order valence-corrected chi connectivity index (χ4v) is 2.11. The lowest BCUT2D eigenvalue weighted by molar-refractivity contribution is 0.290. The number of anilines is 1. The number of nitrogen functional groups attached to an aromatic ring is 1. The summed E-state index contributed by atoms with van der Waals surface area (Å²) in [5.74, 6) is 0.883. The highest BCUT2D eigenvalue weighted by Crippen LogP contribution is 2.25. The lowest BCUT2D eigenvalue weighted by atomic mass is 10.1. The number of nitrogens with zero attached hydrogens (tertiary/aromatic N) is 2. The zero-order valence-corrected chi connectivity index (χ0v) is 12.0. The minimum absolute atomic E-state index is 0.527. The molecule has 1 aromatic heterocycles. The first-order valence-corrected chi connectivity index (χ1v) is 6.54. The molecule has 1 heterocycles. The maximum absolute atomic E-state index is 5.90. The molecule has 0 atom stereocenters. The minimum atomic E-state index is 0.527. The molecule has 2 N–H and O–H groups in total. The van der Waals surface area contributed by atoms with E-state index in [-0.39, 0.29) is 0 Å². The van der Waals surface area contributed by atoms with Gasteiger partial charge in [-0.15, -0.1) is 0 Å². The molecule has 0 amide bonds. The van der Waals surface area contributed by atoms with Gasteiger partial charge in [-0.3, -0.25) is 4.68 Å². The zero-order valence-electron chi connectivity index (χ0n) is 12.0. The van der Waals surface area contributed by atoms with Crippen molar-refractivity contribution in [3.05, 3.63) is 40.7 Å². The number of hydrogen-bond donors (Lipinski definition) is 1. The van der Waals surface area contributed by atoms with Gasteiger partial charge in [-0.05, 0) is 57.0 Å². The Morgan fingerprint density at radius 1 is 1.16 bits per heavy atom. The summed E-state index contributed by atoms with van der Waals surface area (Å²) in [6.45, 7) is 9.45. The average molecular weight is 259 g/mol. The van der Waals surface area contributed by atoms with Crippen LogP contribution in [0.5, 0.6) is 5.75 Å². The van der Waals surface area contributed by atoms with Crippen LogP contribution in [0.25, 0.3) is 0 Å². The molecule has 0 spiro atoms. The zero-order chi connectivity index (χ0) is 14.0. The van der Waals surface area contributed by atoms with Gasteiger partial charge in [0, 0.05) is 12.2 Å². The SMILES string of the molecule is CCn1nc(C)cc1COc1cc(C)c(N)cc1C. The van der Waals surface area contributed by atoms with Gasteiger partial charge in [0.05, 0.1) is 11.4 Å². The highest BCUT2D eigenvalue weighted by atomic mass is 16.5. The summed E-state index contributed by atoms with van der Waals surface area (Å²) in [6, 6.07) is 6.00. The van der Waals surface area contributed by atoms with E-state index in [2.05, 4.69) is 18.1 Å². The smallest absolute Gasteiger partial charge is 0.130 e. The van der Waals surface area contributed by atoms with E-state index >= 15 is 0 Å². The molecule has 0 aliphatic carbocycles. The molecule has 0 saturated carbocycles. The maximum Gasteiger partial charge on any atom is 0.130 e. The Labute approximate surface area is 114 Å². The first kappa shape index (κ1) is 13.5. The predicted molar refractivity (Wildman–Crippen MR) is 77.3 cm³/mol. The molecule has 0 radical (unpaired) electrons. The summed E-state index contributed by atoms with van der Waals surface area (Å²) in [6.07, 6.45) is 0. The Hall–Kier alpha value is -1.97. The van der Waals surface area contributed by atoms with Gasteiger partial charge in [-0.2, -0.15) is 5.10 Å². The van der Waals surface area contributed by atoms with Crippen molar-refractivity contribution in [1.82, 2.24) is 9.78 Å². The quantitative estimate of drug-likeness (QED) is 0.859. The van der Waals surface area contributed by atoms with E-state index in [9.17, 15) is 0 Å². The topological polar surface area (TPSA) is 53.1 Å². The molecule has 102 valence electrons. The first-order chi connectivity index (χ1) is 9.01. The van der Waals surface area contributed by atoms with Crippen molar-refractivity contribution in [2.75, 3.05) is 5.73 Å². The van der Waals surface area contributed by atoms with Crippen LogP contribution in [0.4, 0.5) is 5.69 Å². The molecule has 0 aliphatic heterocycles. The number of hydrogen-bond acceptors (Lipinski definition) is 3. The lowest BCUT2D eigenvalue weighted by Gasteiger charge is -2.12. The Morgan fingerprint density at radius 2 is 1.89 bits per heavy atom. The number of aromatic nitrogens is 2. The number of nitrogens with two attached hydrogens (primary N) is 1. The van der Waals surface area contributed by atoms with Crippen LogP contribution in [-0.2, 0) is 13.2 Å². The van der Waals surface area contributed by atoms with Crippen LogP contribution in [0, 0.1) is 20.8 Å². The third kappa shape index (κ3) is 2.89. The predicted octanol–water partition coefficient (Wildman–Crippen LogP) is 2.99. The number of aryl methyl sites for hydroxylation is 4. The maximum atomic E-state index is 5.90. The number of rotatable bonds is 4. The van der Waals surface area contributed by atoms with E-state index in [1.165, 1.54) is 0 Å². The summed E-state index contributed by atoms with van der Waals surface area (Å²) < 4.78 is 7.87. The van der Waals surface area contributed by atoms with Crippen molar-refractivity contribution in [1.29, 1.82) is 0 Å². The summed E-state index contributed by atoms with van der Waals surface area (Å²) >= 11 is 0. The lowest BCUT2D eigenvalue weighted by Crippen LogP contribution is -2.07. The molecule has 0 unspecified atom stereocenters. The molecule has 2 aromatic rings. The molecule has 0 saturated heterocycles. The van der Waals surface area contributed by atoms with Crippen LogP contribution in [0.15, 0.2) is 18.2 Å². The molecule has 19 heavy (non-hydrogen) atoms. The molecule has 4 heteroatoms. The third-order valence-corrected chi connectivity index (χ3v) is 3.22. The number of benzene rings is 1. The highest BCUT2D eigenvalue weighted by Gasteiger charge is 2.07. The second kappa shape index (κ2) is 5.34. The Morgan fingerprint density at radius 3 is 2.58 bits per heavy atom. The van der Waals surface area contributed by atoms with Crippen molar-refractivity contribution < 1.29 is 4.74 Å². The van der Waals surface area contributed by atoms with E-state index in [1.807, 2.05) is 37.6 Å². The van der Waals surface area contributed by atoms with Crippen molar-refractivity contribution in [3.63, 3.8) is 0 Å². The van der Waals surface area contributed by atoms with E-state index < -0.39 is 0 Å². The van der Waals surface area contributed by atoms with Crippen LogP contribution < -0.4 is 10.5 Å². The van der Waals surface area contributed by atoms with Crippen LogP contribution in [0.1, 0.15) is 29.4 Å². The third-order valence-electron chi connectivity index (χ3n) is 3.22. The largest absolute Gasteiger partial charge is 0.487 e. The van der Waals surface area contributed by atoms with Gasteiger partial charge in [0.1, 0.15) is 12.4 Å². The summed E-state index contributed by atoms with van der Waals surface area (Å²) in [5, 5.41) is 4.41. The summed E-state index contributed by atoms with van der Waals surface area (Å²) in [4.78, 5) is 0. The average Bonchev–Trinajstić information content (AvgIpc) is 2.72. The minimum Gasteiger partial charge on any atom is -0.487 e. The van der Waals surface area contributed by atoms with Crippen LogP contribution >= 0.6 is 0 Å². The standard InChI is InChI=1S/C15H21N3O/c1-5-18-13(8-12(4)17-18)9-19-15-7-10(2)14(16)6-11(15)3/h6-8H,5,9,16H2,1-4H3. The van der Waals surface area contributed by atoms with Gasteiger partial charge in [0.15, 0.2) is 0 Å². The van der Waals surface area contributed by atoms with E-state index in [0.717, 1.165) is 40.5 Å². The van der Waals surface area contributed by atoms with Crippen molar-refractivity contribution in [2.45, 2.75) is 40.8 Å². The fraction of sp³-hybridized carbons (Fsp3) is 0.400. The molecule has 2 rings (SSSR count). The van der Waals surface area contributed by atoms with Crippen molar-refractivity contribution in [2.24, 2.45) is 0 Å². The molecular weight excluding hydrogens is 238 g/mol. The Balaban J connectivity index is 2.16. The molecule has 1 aromatic carbocycles. The van der Waals surface area contributed by atoms with Crippen LogP contribution in [0.3, 0.4) is 0 Å².